The van der Waals surface area contributed by atoms with Gasteiger partial charge in [0.25, 0.3) is 5.91 Å². The van der Waals surface area contributed by atoms with E-state index >= 15 is 0 Å². The molecule has 0 spiro atoms. The van der Waals surface area contributed by atoms with Crippen LogP contribution in [-0.2, 0) is 13.7 Å². The van der Waals surface area contributed by atoms with Crippen LogP contribution in [0.15, 0.2) is 60.4 Å². The summed E-state index contributed by atoms with van der Waals surface area (Å²) in [5, 5.41) is 22.0. The van der Waals surface area contributed by atoms with Gasteiger partial charge in [0.05, 0.1) is 35.8 Å². The van der Waals surface area contributed by atoms with Gasteiger partial charge in [0, 0.05) is 48.1 Å². The summed E-state index contributed by atoms with van der Waals surface area (Å²) in [5.74, 6) is 1.51. The second kappa shape index (κ2) is 12.0. The van der Waals surface area contributed by atoms with Crippen molar-refractivity contribution in [3.8, 4) is 32.8 Å². The molecule has 228 valence electrons. The fourth-order valence-electron chi connectivity index (χ4n) is 4.72. The SMILES string of the molecule is COc1cc(OCc2csc(-c3ccc(C(=O)NCC(O)c4nccn4C)cc3)n2)c2sc(-c3cn4nc(C)sc4n3)nc2c1. The van der Waals surface area contributed by atoms with Crippen LogP contribution in [0.1, 0.15) is 33.0 Å². The number of ether oxygens (including phenoxy) is 2. The molecular formula is C30H26N8O4S3. The van der Waals surface area contributed by atoms with Gasteiger partial charge in [-0.15, -0.1) is 22.7 Å². The van der Waals surface area contributed by atoms with E-state index in [-0.39, 0.29) is 19.1 Å². The fourth-order valence-corrected chi connectivity index (χ4v) is 7.22. The number of aliphatic hydroxyl groups excluding tert-OH is 1. The maximum Gasteiger partial charge on any atom is 0.251 e. The molecule has 1 atom stereocenters. The minimum atomic E-state index is -0.897. The Bertz CT molecular complexity index is 2110. The Labute approximate surface area is 268 Å². The van der Waals surface area contributed by atoms with Crippen LogP contribution < -0.4 is 14.8 Å². The van der Waals surface area contributed by atoms with Gasteiger partial charge in [-0.05, 0) is 19.1 Å². The standard InChI is InChI=1S/C30H26N8O4S3/c1-16-36-38-13-22(35-30(38)44-16)29-34-21-10-20(41-3)11-24(25(21)45-29)42-14-19-15-43-28(33-19)18-6-4-17(5-7-18)27(40)32-12-23(39)26-31-8-9-37(26)2/h4-11,13,15,23,39H,12,14H2,1-3H3,(H,32,40). The Kier molecular flexibility index (Phi) is 7.75. The quantitative estimate of drug-likeness (QED) is 0.201. The summed E-state index contributed by atoms with van der Waals surface area (Å²) in [6.45, 7) is 2.27. The van der Waals surface area contributed by atoms with Crippen LogP contribution in [0.4, 0.5) is 0 Å². The number of hydrogen-bond acceptors (Lipinski definition) is 12. The zero-order valence-electron chi connectivity index (χ0n) is 24.3. The number of fused-ring (bicyclic) bond motifs is 2. The smallest absolute Gasteiger partial charge is 0.251 e. The number of thiazole rings is 2. The molecule has 45 heavy (non-hydrogen) atoms. The van der Waals surface area contributed by atoms with Gasteiger partial charge < -0.3 is 24.5 Å². The fraction of sp³-hybridized carbons (Fsp3) is 0.200. The highest BCUT2D eigenvalue weighted by atomic mass is 32.1. The predicted octanol–water partition coefficient (Wildman–Crippen LogP) is 5.28. The summed E-state index contributed by atoms with van der Waals surface area (Å²) < 4.78 is 16.2. The summed E-state index contributed by atoms with van der Waals surface area (Å²) in [5.41, 5.74) is 3.67. The highest BCUT2D eigenvalue weighted by Crippen LogP contribution is 2.39. The van der Waals surface area contributed by atoms with E-state index in [4.69, 9.17) is 24.4 Å². The Balaban J connectivity index is 1.02. The number of nitrogens with zero attached hydrogens (tertiary/aromatic N) is 7. The third-order valence-electron chi connectivity index (χ3n) is 6.96. The van der Waals surface area contributed by atoms with E-state index in [0.29, 0.717) is 22.9 Å². The number of aromatic nitrogens is 7. The van der Waals surface area contributed by atoms with E-state index < -0.39 is 6.10 Å². The number of rotatable bonds is 10. The molecule has 0 aliphatic heterocycles. The lowest BCUT2D eigenvalue weighted by molar-refractivity contribution is 0.0909. The van der Waals surface area contributed by atoms with Gasteiger partial charge in [-0.3, -0.25) is 4.79 Å². The molecule has 0 aliphatic rings. The lowest BCUT2D eigenvalue weighted by Crippen LogP contribution is -2.29. The van der Waals surface area contributed by atoms with Crippen molar-refractivity contribution in [3.63, 3.8) is 0 Å². The van der Waals surface area contributed by atoms with Gasteiger partial charge in [0.1, 0.15) is 50.8 Å². The summed E-state index contributed by atoms with van der Waals surface area (Å²) in [7, 11) is 3.41. The van der Waals surface area contributed by atoms with E-state index in [9.17, 15) is 9.90 Å². The Morgan fingerprint density at radius 3 is 2.71 bits per heavy atom. The van der Waals surface area contributed by atoms with Crippen LogP contribution in [0, 0.1) is 6.92 Å². The van der Waals surface area contributed by atoms with Gasteiger partial charge in [-0.1, -0.05) is 23.5 Å². The summed E-state index contributed by atoms with van der Waals surface area (Å²) in [6.07, 6.45) is 4.34. The molecule has 7 rings (SSSR count). The maximum atomic E-state index is 12.6. The van der Waals surface area contributed by atoms with Gasteiger partial charge in [0.15, 0.2) is 0 Å². The van der Waals surface area contributed by atoms with Crippen LogP contribution >= 0.6 is 34.0 Å². The number of aliphatic hydroxyl groups is 1. The zero-order valence-corrected chi connectivity index (χ0v) is 26.7. The minimum Gasteiger partial charge on any atom is -0.497 e. The third kappa shape index (κ3) is 5.90. The average molecular weight is 659 g/mol. The van der Waals surface area contributed by atoms with Crippen molar-refractivity contribution >= 4 is 55.1 Å². The number of methoxy groups -OCH3 is 1. The molecule has 1 amide bonds. The lowest BCUT2D eigenvalue weighted by atomic mass is 10.1. The van der Waals surface area contributed by atoms with Gasteiger partial charge >= 0.3 is 0 Å². The normalized spacial score (nSPS) is 12.2. The van der Waals surface area contributed by atoms with Crippen molar-refractivity contribution in [2.24, 2.45) is 7.05 Å². The molecule has 5 heterocycles. The highest BCUT2D eigenvalue weighted by molar-refractivity contribution is 7.22. The second-order valence-corrected chi connectivity index (χ2v) is 13.1. The number of carbonyl (C=O) groups is 1. The molecule has 0 bridgehead atoms. The molecule has 0 aliphatic carbocycles. The molecule has 1 unspecified atom stereocenters. The van der Waals surface area contributed by atoms with Crippen LogP contribution in [0.25, 0.3) is 36.5 Å². The summed E-state index contributed by atoms with van der Waals surface area (Å²) in [4.78, 5) is 31.8. The number of hydrogen-bond donors (Lipinski definition) is 2. The van der Waals surface area contributed by atoms with Crippen molar-refractivity contribution in [1.82, 2.24) is 39.4 Å². The third-order valence-corrected chi connectivity index (χ3v) is 9.85. The average Bonchev–Trinajstić information content (AvgIpc) is 3.87. The first-order valence-electron chi connectivity index (χ1n) is 13.8. The van der Waals surface area contributed by atoms with Crippen LogP contribution in [0.2, 0.25) is 0 Å². The highest BCUT2D eigenvalue weighted by Gasteiger charge is 2.18. The second-order valence-electron chi connectivity index (χ2n) is 10.1. The first-order valence-corrected chi connectivity index (χ1v) is 16.3. The van der Waals surface area contributed by atoms with Crippen LogP contribution in [-0.4, -0.2) is 58.8 Å². The topological polar surface area (TPSA) is 142 Å². The predicted molar refractivity (Wildman–Crippen MR) is 173 cm³/mol. The molecule has 0 radical (unpaired) electrons. The van der Waals surface area contributed by atoms with Gasteiger partial charge in [-0.25, -0.2) is 24.5 Å². The molecule has 15 heteroatoms. The number of aryl methyl sites for hydroxylation is 2. The van der Waals surface area contributed by atoms with Crippen LogP contribution in [0.3, 0.4) is 0 Å². The summed E-state index contributed by atoms with van der Waals surface area (Å²) >= 11 is 4.54. The van der Waals surface area contributed by atoms with Crippen molar-refractivity contribution in [2.75, 3.05) is 13.7 Å². The van der Waals surface area contributed by atoms with Crippen molar-refractivity contribution in [3.05, 3.63) is 82.5 Å². The van der Waals surface area contributed by atoms with E-state index in [0.717, 1.165) is 47.2 Å². The molecule has 0 saturated heterocycles. The molecule has 12 nitrogen and oxygen atoms in total. The number of nitrogens with one attached hydrogen (secondary N) is 1. The van der Waals surface area contributed by atoms with Crippen molar-refractivity contribution in [2.45, 2.75) is 19.6 Å². The van der Waals surface area contributed by atoms with Crippen molar-refractivity contribution < 1.29 is 19.4 Å². The molecule has 2 aromatic carbocycles. The Hall–Kier alpha value is -4.70. The van der Waals surface area contributed by atoms with E-state index in [1.165, 1.54) is 34.0 Å². The first-order chi connectivity index (χ1) is 21.8. The van der Waals surface area contributed by atoms with Crippen molar-refractivity contribution in [1.29, 1.82) is 0 Å². The van der Waals surface area contributed by atoms with Gasteiger partial charge in [-0.2, -0.15) is 5.10 Å². The molecular weight excluding hydrogens is 633 g/mol. The van der Waals surface area contributed by atoms with E-state index in [2.05, 4.69) is 15.4 Å². The summed E-state index contributed by atoms with van der Waals surface area (Å²) in [6, 6.07) is 10.9. The zero-order chi connectivity index (χ0) is 31.1. The minimum absolute atomic E-state index is 0.0585. The first kappa shape index (κ1) is 29.0. The van der Waals surface area contributed by atoms with Gasteiger partial charge in [0.2, 0.25) is 4.96 Å². The number of imidazole rings is 2. The molecule has 2 N–H and O–H groups in total. The molecule has 0 fully saturated rings. The number of amides is 1. The Morgan fingerprint density at radius 1 is 1.11 bits per heavy atom. The molecule has 7 aromatic rings. The maximum absolute atomic E-state index is 12.6. The number of benzene rings is 2. The van der Waals surface area contributed by atoms with Crippen LogP contribution in [0.5, 0.6) is 11.5 Å². The molecule has 5 aromatic heterocycles. The van der Waals surface area contributed by atoms with E-state index in [1.807, 2.05) is 42.8 Å². The number of carbonyl (C=O) groups excluding carboxylic acids is 1. The Morgan fingerprint density at radius 2 is 1.96 bits per heavy atom. The van der Waals surface area contributed by atoms with E-state index in [1.54, 1.807) is 47.8 Å². The molecule has 0 saturated carbocycles. The monoisotopic (exact) mass is 658 g/mol. The largest absolute Gasteiger partial charge is 0.497 e. The lowest BCUT2D eigenvalue weighted by Gasteiger charge is -2.12.